The number of amides is 1. The van der Waals surface area contributed by atoms with Crippen molar-refractivity contribution in [1.82, 2.24) is 4.90 Å². The fraction of sp³-hybridized carbons (Fsp3) is 0.105. The highest BCUT2D eigenvalue weighted by Crippen LogP contribution is 2.34. The molecule has 0 aliphatic carbocycles. The number of carbonyl (C=O) groups excluding carboxylic acids is 1. The first-order chi connectivity index (χ1) is 12.3. The zero-order chi connectivity index (χ0) is 18.8. The highest BCUT2D eigenvalue weighted by atomic mass is 32.2. The number of carbonyl (C=O) groups is 2. The monoisotopic (exact) mass is 368 g/mol. The molecule has 0 aromatic heterocycles. The minimum Gasteiger partial charge on any atom is -0.507 e. The summed E-state index contributed by atoms with van der Waals surface area (Å²) in [7, 11) is 1.62. The van der Waals surface area contributed by atoms with Gasteiger partial charge in [-0.15, -0.1) is 0 Å². The first kappa shape index (κ1) is 17.8. The van der Waals surface area contributed by atoms with E-state index in [1.165, 1.54) is 34.9 Å². The van der Waals surface area contributed by atoms with Gasteiger partial charge >= 0.3 is 5.97 Å². The molecule has 1 heterocycles. The Morgan fingerprint density at radius 1 is 1.23 bits per heavy atom. The molecule has 2 aromatic rings. The van der Waals surface area contributed by atoms with Crippen LogP contribution in [0.3, 0.4) is 0 Å². The van der Waals surface area contributed by atoms with Gasteiger partial charge in [-0.2, -0.15) is 0 Å². The summed E-state index contributed by atoms with van der Waals surface area (Å²) in [6, 6.07) is 11.8. The van der Waals surface area contributed by atoms with Gasteiger partial charge in [0.2, 0.25) is 0 Å². The van der Waals surface area contributed by atoms with Crippen LogP contribution in [-0.2, 0) is 4.79 Å². The van der Waals surface area contributed by atoms with Gasteiger partial charge in [-0.05, 0) is 42.5 Å². The molecule has 2 aromatic carbocycles. The Labute approximate surface area is 154 Å². The van der Waals surface area contributed by atoms with Crippen molar-refractivity contribution < 1.29 is 19.8 Å². The van der Waals surface area contributed by atoms with Crippen LogP contribution in [0, 0.1) is 6.92 Å². The number of benzene rings is 2. The van der Waals surface area contributed by atoms with Crippen molar-refractivity contribution in [3.63, 3.8) is 0 Å². The van der Waals surface area contributed by atoms with Crippen LogP contribution in [0.2, 0.25) is 0 Å². The van der Waals surface area contributed by atoms with Crippen LogP contribution in [-0.4, -0.2) is 39.2 Å². The number of aryl methyl sites for hydroxylation is 1. The number of phenols is 1. The number of rotatable bonds is 3. The molecular formula is C19H16N2O4S. The number of amidine groups is 1. The van der Waals surface area contributed by atoms with E-state index in [0.717, 1.165) is 11.1 Å². The van der Waals surface area contributed by atoms with Gasteiger partial charge in [-0.3, -0.25) is 9.69 Å². The van der Waals surface area contributed by atoms with Crippen molar-refractivity contribution in [1.29, 1.82) is 0 Å². The van der Waals surface area contributed by atoms with Crippen LogP contribution in [0.1, 0.15) is 21.5 Å². The Kier molecular flexibility index (Phi) is 4.81. The second kappa shape index (κ2) is 7.05. The van der Waals surface area contributed by atoms with Crippen molar-refractivity contribution in [2.75, 3.05) is 7.05 Å². The zero-order valence-corrected chi connectivity index (χ0v) is 14.9. The van der Waals surface area contributed by atoms with E-state index >= 15 is 0 Å². The predicted molar refractivity (Wildman–Crippen MR) is 102 cm³/mol. The summed E-state index contributed by atoms with van der Waals surface area (Å²) in [5.41, 5.74) is 2.20. The second-order valence-electron chi connectivity index (χ2n) is 5.79. The summed E-state index contributed by atoms with van der Waals surface area (Å²) in [5, 5.41) is 19.2. The molecule has 132 valence electrons. The van der Waals surface area contributed by atoms with Crippen LogP contribution in [0.5, 0.6) is 5.75 Å². The molecule has 0 radical (unpaired) electrons. The number of aromatic hydroxyl groups is 1. The molecule has 1 saturated heterocycles. The molecule has 2 N–H and O–H groups in total. The fourth-order valence-electron chi connectivity index (χ4n) is 2.44. The van der Waals surface area contributed by atoms with Crippen molar-refractivity contribution in [2.45, 2.75) is 6.92 Å². The van der Waals surface area contributed by atoms with Crippen LogP contribution >= 0.6 is 11.8 Å². The smallest absolute Gasteiger partial charge is 0.339 e. The van der Waals surface area contributed by atoms with Gasteiger partial charge in [-0.25, -0.2) is 9.79 Å². The number of carboxylic acids is 1. The molecule has 0 unspecified atom stereocenters. The van der Waals surface area contributed by atoms with Gasteiger partial charge < -0.3 is 10.2 Å². The standard InChI is InChI=1S/C19H16N2O4S/c1-11-4-3-5-12(8-11)9-16-17(23)21(2)19(26-16)20-13-6-7-14(18(24)25)15(22)10-13/h3-10,22H,1-2H3,(H,24,25)/b16-9-,20-19?. The van der Waals surface area contributed by atoms with E-state index in [1.54, 1.807) is 7.05 Å². The van der Waals surface area contributed by atoms with Crippen molar-refractivity contribution >= 4 is 40.6 Å². The Morgan fingerprint density at radius 3 is 2.65 bits per heavy atom. The van der Waals surface area contributed by atoms with E-state index in [1.807, 2.05) is 37.3 Å². The summed E-state index contributed by atoms with van der Waals surface area (Å²) in [6.07, 6.45) is 1.81. The van der Waals surface area contributed by atoms with Gasteiger partial charge in [0.1, 0.15) is 11.3 Å². The lowest BCUT2D eigenvalue weighted by Gasteiger charge is -2.07. The number of aliphatic imine (C=N–C) groups is 1. The van der Waals surface area contributed by atoms with Gasteiger partial charge in [-0.1, -0.05) is 29.8 Å². The molecule has 0 spiro atoms. The number of nitrogens with zero attached hydrogens (tertiary/aromatic N) is 2. The van der Waals surface area contributed by atoms with E-state index in [9.17, 15) is 14.7 Å². The molecule has 3 rings (SSSR count). The maximum atomic E-state index is 12.4. The quantitative estimate of drug-likeness (QED) is 0.808. The van der Waals surface area contributed by atoms with E-state index in [-0.39, 0.29) is 17.2 Å². The van der Waals surface area contributed by atoms with Crippen LogP contribution in [0.15, 0.2) is 52.4 Å². The first-order valence-electron chi connectivity index (χ1n) is 7.74. The zero-order valence-electron chi connectivity index (χ0n) is 14.1. The summed E-state index contributed by atoms with van der Waals surface area (Å²) in [4.78, 5) is 29.7. The molecule has 1 fully saturated rings. The largest absolute Gasteiger partial charge is 0.507 e. The molecule has 0 saturated carbocycles. The molecule has 0 bridgehead atoms. The van der Waals surface area contributed by atoms with Gasteiger partial charge in [0.15, 0.2) is 5.17 Å². The van der Waals surface area contributed by atoms with E-state index in [4.69, 9.17) is 5.11 Å². The molecule has 26 heavy (non-hydrogen) atoms. The lowest BCUT2D eigenvalue weighted by Crippen LogP contribution is -2.23. The summed E-state index contributed by atoms with van der Waals surface area (Å²) in [5.74, 6) is -1.75. The molecule has 7 heteroatoms. The number of aromatic carboxylic acids is 1. The summed E-state index contributed by atoms with van der Waals surface area (Å²) in [6.45, 7) is 1.98. The predicted octanol–water partition coefficient (Wildman–Crippen LogP) is 3.63. The third kappa shape index (κ3) is 3.62. The van der Waals surface area contributed by atoms with Crippen LogP contribution in [0.4, 0.5) is 5.69 Å². The SMILES string of the molecule is Cc1cccc(/C=C2\SC(=Nc3ccc(C(=O)O)c(O)c3)N(C)C2=O)c1. The fourth-order valence-corrected chi connectivity index (χ4v) is 3.43. The maximum Gasteiger partial charge on any atom is 0.339 e. The Bertz CT molecular complexity index is 966. The average molecular weight is 368 g/mol. The number of hydrogen-bond acceptors (Lipinski definition) is 5. The molecule has 0 atom stereocenters. The molecule has 6 nitrogen and oxygen atoms in total. The normalized spacial score (nSPS) is 17.3. The third-order valence-corrected chi connectivity index (χ3v) is 4.84. The van der Waals surface area contributed by atoms with Crippen molar-refractivity contribution in [3.05, 3.63) is 64.1 Å². The molecule has 1 aliphatic rings. The lowest BCUT2D eigenvalue weighted by atomic mass is 10.1. The summed E-state index contributed by atoms with van der Waals surface area (Å²) < 4.78 is 0. The third-order valence-electron chi connectivity index (χ3n) is 3.78. The molecular weight excluding hydrogens is 352 g/mol. The van der Waals surface area contributed by atoms with Gasteiger partial charge in [0, 0.05) is 13.1 Å². The van der Waals surface area contributed by atoms with Gasteiger partial charge in [0.25, 0.3) is 5.91 Å². The summed E-state index contributed by atoms with van der Waals surface area (Å²) >= 11 is 1.23. The van der Waals surface area contributed by atoms with Crippen LogP contribution < -0.4 is 0 Å². The maximum absolute atomic E-state index is 12.4. The van der Waals surface area contributed by atoms with Crippen LogP contribution in [0.25, 0.3) is 6.08 Å². The number of likely N-dealkylation sites (N-methyl/N-ethyl adjacent to an activating group) is 1. The average Bonchev–Trinajstić information content (AvgIpc) is 2.83. The lowest BCUT2D eigenvalue weighted by molar-refractivity contribution is -0.121. The van der Waals surface area contributed by atoms with Crippen molar-refractivity contribution in [2.24, 2.45) is 4.99 Å². The Balaban J connectivity index is 1.90. The highest BCUT2D eigenvalue weighted by molar-refractivity contribution is 8.18. The number of carboxylic acid groups (broad SMARTS) is 1. The highest BCUT2D eigenvalue weighted by Gasteiger charge is 2.30. The van der Waals surface area contributed by atoms with E-state index in [2.05, 4.69) is 4.99 Å². The minimum atomic E-state index is -1.22. The topological polar surface area (TPSA) is 90.2 Å². The minimum absolute atomic E-state index is 0.165. The van der Waals surface area contributed by atoms with E-state index in [0.29, 0.717) is 15.8 Å². The van der Waals surface area contributed by atoms with Crippen molar-refractivity contribution in [3.8, 4) is 5.75 Å². The first-order valence-corrected chi connectivity index (χ1v) is 8.56. The number of thioether (sulfide) groups is 1. The molecule has 1 amide bonds. The Morgan fingerprint density at radius 2 is 2.00 bits per heavy atom. The Hall–Kier alpha value is -3.06. The second-order valence-corrected chi connectivity index (χ2v) is 6.80. The molecule has 1 aliphatic heterocycles. The van der Waals surface area contributed by atoms with E-state index < -0.39 is 5.97 Å². The number of hydrogen-bond donors (Lipinski definition) is 2. The van der Waals surface area contributed by atoms with Gasteiger partial charge in [0.05, 0.1) is 10.6 Å².